The highest BCUT2D eigenvalue weighted by Crippen LogP contribution is 2.32. The van der Waals surface area contributed by atoms with Crippen molar-refractivity contribution in [3.63, 3.8) is 0 Å². The zero-order valence-electron chi connectivity index (χ0n) is 10.0. The van der Waals surface area contributed by atoms with E-state index in [9.17, 15) is 0 Å². The first-order valence-electron chi connectivity index (χ1n) is 5.86. The van der Waals surface area contributed by atoms with Crippen LogP contribution in [0.15, 0.2) is 45.8 Å². The summed E-state index contributed by atoms with van der Waals surface area (Å²) in [5.41, 5.74) is 6.88. The third kappa shape index (κ3) is 2.65. The quantitative estimate of drug-likeness (QED) is 0.799. The van der Waals surface area contributed by atoms with Gasteiger partial charge in [-0.05, 0) is 30.8 Å². The molecule has 3 nitrogen and oxygen atoms in total. The smallest absolute Gasteiger partial charge is 0.194 e. The molecule has 0 saturated carbocycles. The molecule has 0 fully saturated rings. The Bertz CT molecular complexity index is 688. The van der Waals surface area contributed by atoms with Crippen molar-refractivity contribution in [3.05, 3.63) is 46.6 Å². The Morgan fingerprint density at radius 2 is 2.11 bits per heavy atom. The SMILES string of the molecule is NCCc1c(Sc2ccc(Cl)cc2)nc2sccn12. The lowest BCUT2D eigenvalue weighted by molar-refractivity contribution is 0.879. The van der Waals surface area contributed by atoms with Crippen LogP contribution in [0.5, 0.6) is 0 Å². The summed E-state index contributed by atoms with van der Waals surface area (Å²) in [5.74, 6) is 0. The number of hydrogen-bond acceptors (Lipinski definition) is 4. The van der Waals surface area contributed by atoms with E-state index < -0.39 is 0 Å². The summed E-state index contributed by atoms with van der Waals surface area (Å²) in [6, 6.07) is 7.80. The second-order valence-electron chi connectivity index (χ2n) is 4.01. The fraction of sp³-hybridized carbons (Fsp3) is 0.154. The maximum absolute atomic E-state index is 5.90. The molecule has 0 spiro atoms. The molecule has 98 valence electrons. The Kier molecular flexibility index (Phi) is 3.79. The maximum Gasteiger partial charge on any atom is 0.194 e. The molecule has 0 radical (unpaired) electrons. The molecule has 2 aromatic heterocycles. The van der Waals surface area contributed by atoms with Gasteiger partial charge in [0, 0.05) is 27.9 Å². The molecular formula is C13H12ClN3S2. The molecule has 0 bridgehead atoms. The molecule has 0 amide bonds. The van der Waals surface area contributed by atoms with Gasteiger partial charge in [0.1, 0.15) is 5.03 Å². The van der Waals surface area contributed by atoms with E-state index in [2.05, 4.69) is 9.38 Å². The first-order valence-corrected chi connectivity index (χ1v) is 7.93. The third-order valence-corrected chi connectivity index (χ3v) is 4.77. The van der Waals surface area contributed by atoms with E-state index in [0.29, 0.717) is 6.54 Å². The number of nitrogens with two attached hydrogens (primary N) is 1. The zero-order valence-corrected chi connectivity index (χ0v) is 12.4. The van der Waals surface area contributed by atoms with Gasteiger partial charge in [-0.2, -0.15) is 0 Å². The van der Waals surface area contributed by atoms with Crippen LogP contribution in [0.25, 0.3) is 4.96 Å². The fourth-order valence-corrected chi connectivity index (χ4v) is 3.74. The molecule has 2 N–H and O–H groups in total. The van der Waals surface area contributed by atoms with Crippen LogP contribution in [0.2, 0.25) is 5.02 Å². The van der Waals surface area contributed by atoms with E-state index in [1.807, 2.05) is 35.8 Å². The lowest BCUT2D eigenvalue weighted by Crippen LogP contribution is -2.05. The molecule has 0 atom stereocenters. The standard InChI is InChI=1S/C13H12ClN3S2/c14-9-1-3-10(4-2-9)19-12-11(5-6-15)17-7-8-18-13(17)16-12/h1-4,7-8H,5-6,15H2. The van der Waals surface area contributed by atoms with Gasteiger partial charge >= 0.3 is 0 Å². The summed E-state index contributed by atoms with van der Waals surface area (Å²) in [5, 5.41) is 3.82. The van der Waals surface area contributed by atoms with Crippen molar-refractivity contribution in [3.8, 4) is 0 Å². The van der Waals surface area contributed by atoms with Crippen molar-refractivity contribution >= 4 is 39.7 Å². The van der Waals surface area contributed by atoms with Crippen molar-refractivity contribution in [1.29, 1.82) is 0 Å². The summed E-state index contributed by atoms with van der Waals surface area (Å²) < 4.78 is 2.12. The number of imidazole rings is 1. The number of hydrogen-bond donors (Lipinski definition) is 1. The summed E-state index contributed by atoms with van der Waals surface area (Å²) in [6.07, 6.45) is 2.87. The topological polar surface area (TPSA) is 43.3 Å². The number of halogens is 1. The molecule has 6 heteroatoms. The molecule has 0 unspecified atom stereocenters. The molecule has 3 aromatic rings. The third-order valence-electron chi connectivity index (χ3n) is 2.73. The zero-order chi connectivity index (χ0) is 13.2. The van der Waals surface area contributed by atoms with E-state index in [1.165, 1.54) is 5.69 Å². The van der Waals surface area contributed by atoms with Crippen molar-refractivity contribution in [2.45, 2.75) is 16.3 Å². The Balaban J connectivity index is 1.97. The van der Waals surface area contributed by atoms with Crippen LogP contribution < -0.4 is 5.73 Å². The van der Waals surface area contributed by atoms with Crippen LogP contribution in [0, 0.1) is 0 Å². The monoisotopic (exact) mass is 309 g/mol. The van der Waals surface area contributed by atoms with Crippen LogP contribution in [0.1, 0.15) is 5.69 Å². The van der Waals surface area contributed by atoms with E-state index in [4.69, 9.17) is 17.3 Å². The number of benzene rings is 1. The van der Waals surface area contributed by atoms with Gasteiger partial charge in [-0.3, -0.25) is 4.40 Å². The summed E-state index contributed by atoms with van der Waals surface area (Å²) in [6.45, 7) is 0.623. The normalized spacial score (nSPS) is 11.3. The first-order chi connectivity index (χ1) is 9.28. The van der Waals surface area contributed by atoms with E-state index >= 15 is 0 Å². The molecule has 2 heterocycles. The van der Waals surface area contributed by atoms with Gasteiger partial charge in [0.25, 0.3) is 0 Å². The predicted octanol–water partition coefficient (Wildman–Crippen LogP) is 3.70. The van der Waals surface area contributed by atoms with E-state index in [1.54, 1.807) is 23.1 Å². The average Bonchev–Trinajstić information content (AvgIpc) is 2.96. The molecule has 3 rings (SSSR count). The lowest BCUT2D eigenvalue weighted by Gasteiger charge is -2.02. The highest BCUT2D eigenvalue weighted by molar-refractivity contribution is 7.99. The van der Waals surface area contributed by atoms with Crippen molar-refractivity contribution in [2.75, 3.05) is 6.54 Å². The average molecular weight is 310 g/mol. The lowest BCUT2D eigenvalue weighted by atomic mass is 10.3. The minimum absolute atomic E-state index is 0.623. The van der Waals surface area contributed by atoms with Crippen molar-refractivity contribution in [1.82, 2.24) is 9.38 Å². The van der Waals surface area contributed by atoms with Gasteiger partial charge in [0.05, 0.1) is 5.69 Å². The van der Waals surface area contributed by atoms with Crippen molar-refractivity contribution in [2.24, 2.45) is 5.73 Å². The molecule has 1 aromatic carbocycles. The number of rotatable bonds is 4. The van der Waals surface area contributed by atoms with Gasteiger partial charge in [-0.15, -0.1) is 11.3 Å². The summed E-state index contributed by atoms with van der Waals surface area (Å²) >= 11 is 9.19. The summed E-state index contributed by atoms with van der Waals surface area (Å²) in [7, 11) is 0. The van der Waals surface area contributed by atoms with Gasteiger partial charge in [0.2, 0.25) is 0 Å². The number of fused-ring (bicyclic) bond motifs is 1. The van der Waals surface area contributed by atoms with Crippen LogP contribution in [-0.2, 0) is 6.42 Å². The molecule has 0 aliphatic carbocycles. The molecular weight excluding hydrogens is 298 g/mol. The number of aromatic nitrogens is 2. The maximum atomic E-state index is 5.90. The van der Waals surface area contributed by atoms with E-state index in [-0.39, 0.29) is 0 Å². The Labute approximate surface area is 124 Å². The van der Waals surface area contributed by atoms with Crippen LogP contribution >= 0.6 is 34.7 Å². The predicted molar refractivity (Wildman–Crippen MR) is 81.4 cm³/mol. The first kappa shape index (κ1) is 13.0. The minimum Gasteiger partial charge on any atom is -0.330 e. The Morgan fingerprint density at radius 1 is 1.32 bits per heavy atom. The van der Waals surface area contributed by atoms with Gasteiger partial charge in [-0.25, -0.2) is 4.98 Å². The van der Waals surface area contributed by atoms with Gasteiger partial charge in [-0.1, -0.05) is 23.4 Å². The van der Waals surface area contributed by atoms with E-state index in [0.717, 1.165) is 26.3 Å². The van der Waals surface area contributed by atoms with Crippen LogP contribution in [-0.4, -0.2) is 15.9 Å². The van der Waals surface area contributed by atoms with Gasteiger partial charge in [0.15, 0.2) is 4.96 Å². The number of nitrogens with zero attached hydrogens (tertiary/aromatic N) is 2. The van der Waals surface area contributed by atoms with Crippen LogP contribution in [0.3, 0.4) is 0 Å². The number of thiazole rings is 1. The fourth-order valence-electron chi connectivity index (χ4n) is 1.87. The second kappa shape index (κ2) is 5.54. The van der Waals surface area contributed by atoms with Crippen molar-refractivity contribution < 1.29 is 0 Å². The highest BCUT2D eigenvalue weighted by atomic mass is 35.5. The highest BCUT2D eigenvalue weighted by Gasteiger charge is 2.13. The van der Waals surface area contributed by atoms with Gasteiger partial charge < -0.3 is 5.73 Å². The second-order valence-corrected chi connectivity index (χ2v) is 6.39. The Hall–Kier alpha value is -1.01. The largest absolute Gasteiger partial charge is 0.330 e. The Morgan fingerprint density at radius 3 is 2.84 bits per heavy atom. The van der Waals surface area contributed by atoms with Crippen LogP contribution in [0.4, 0.5) is 0 Å². The molecule has 0 saturated heterocycles. The summed E-state index contributed by atoms with van der Waals surface area (Å²) in [4.78, 5) is 6.81. The minimum atomic E-state index is 0.623. The molecule has 0 aliphatic rings. The molecule has 0 aliphatic heterocycles. The molecule has 19 heavy (non-hydrogen) atoms.